The van der Waals surface area contributed by atoms with Crippen LogP contribution in [-0.4, -0.2) is 54.0 Å². The molecule has 1 aromatic heterocycles. The minimum atomic E-state index is -0.144. The predicted octanol–water partition coefficient (Wildman–Crippen LogP) is 3.42. The third kappa shape index (κ3) is 8.08. The molecule has 0 fully saturated rings. The van der Waals surface area contributed by atoms with Crippen LogP contribution in [0, 0.1) is 0 Å². The molecule has 3 N–H and O–H groups in total. The molecule has 0 atom stereocenters. The van der Waals surface area contributed by atoms with E-state index in [0.29, 0.717) is 25.6 Å². The summed E-state index contributed by atoms with van der Waals surface area (Å²) < 4.78 is 5.15. The van der Waals surface area contributed by atoms with Crippen molar-refractivity contribution in [1.82, 2.24) is 25.5 Å². The molecule has 0 aliphatic rings. The molecule has 2 aromatic carbocycles. The summed E-state index contributed by atoms with van der Waals surface area (Å²) in [5.41, 5.74) is 3.05. The number of hydrogen-bond acceptors (Lipinski definition) is 4. The molecule has 33 heavy (non-hydrogen) atoms. The quantitative estimate of drug-likeness (QED) is 0.211. The van der Waals surface area contributed by atoms with Crippen molar-refractivity contribution in [2.24, 2.45) is 4.99 Å². The van der Waals surface area contributed by atoms with E-state index in [2.05, 4.69) is 25.6 Å². The number of carbonyl (C=O) groups excluding carboxylic acids is 1. The highest BCUT2D eigenvalue weighted by atomic mass is 127. The number of ether oxygens (including phenoxy) is 1. The van der Waals surface area contributed by atoms with E-state index in [1.54, 1.807) is 7.11 Å². The molecule has 1 amide bonds. The zero-order valence-corrected chi connectivity index (χ0v) is 21.5. The van der Waals surface area contributed by atoms with Crippen molar-refractivity contribution in [3.05, 3.63) is 72.2 Å². The van der Waals surface area contributed by atoms with Crippen LogP contribution in [0.5, 0.6) is 5.75 Å². The van der Waals surface area contributed by atoms with Crippen LogP contribution in [0.2, 0.25) is 0 Å². The lowest BCUT2D eigenvalue weighted by atomic mass is 10.2. The van der Waals surface area contributed by atoms with Gasteiger partial charge in [0.25, 0.3) is 0 Å². The lowest BCUT2D eigenvalue weighted by Gasteiger charge is -2.21. The first-order chi connectivity index (χ1) is 15.6. The number of nitrogens with one attached hydrogen (secondary N) is 3. The number of rotatable bonds is 9. The van der Waals surface area contributed by atoms with E-state index in [1.165, 1.54) is 0 Å². The van der Waals surface area contributed by atoms with E-state index in [-0.39, 0.29) is 36.4 Å². The maximum Gasteiger partial charge on any atom is 0.242 e. The fraction of sp³-hybridized carbons (Fsp3) is 0.292. The minimum Gasteiger partial charge on any atom is -0.497 e. The number of aromatic nitrogens is 2. The van der Waals surface area contributed by atoms with Crippen LogP contribution in [0.3, 0.4) is 0 Å². The Morgan fingerprint density at radius 3 is 2.52 bits per heavy atom. The molecule has 0 aliphatic carbocycles. The molecular formula is C24H31IN6O2. The number of guanidine groups is 1. The van der Waals surface area contributed by atoms with Crippen LogP contribution in [0.15, 0.2) is 65.8 Å². The second-order valence-corrected chi connectivity index (χ2v) is 7.26. The Kier molecular flexibility index (Phi) is 10.7. The summed E-state index contributed by atoms with van der Waals surface area (Å²) >= 11 is 0. The largest absolute Gasteiger partial charge is 0.497 e. The van der Waals surface area contributed by atoms with Crippen LogP contribution in [0.1, 0.15) is 18.3 Å². The molecule has 0 saturated heterocycles. The van der Waals surface area contributed by atoms with Gasteiger partial charge in [0, 0.05) is 20.1 Å². The van der Waals surface area contributed by atoms with Gasteiger partial charge in [-0.1, -0.05) is 42.5 Å². The third-order valence-electron chi connectivity index (χ3n) is 4.82. The number of imidazole rings is 1. The van der Waals surface area contributed by atoms with Crippen molar-refractivity contribution < 1.29 is 9.53 Å². The maximum atomic E-state index is 12.3. The molecule has 176 valence electrons. The molecule has 0 spiro atoms. The molecular weight excluding hydrogens is 531 g/mol. The molecule has 0 radical (unpaired) electrons. The van der Waals surface area contributed by atoms with Gasteiger partial charge < -0.3 is 25.3 Å². The van der Waals surface area contributed by atoms with Crippen molar-refractivity contribution in [3.63, 3.8) is 0 Å². The van der Waals surface area contributed by atoms with Crippen LogP contribution in [0.4, 0.5) is 0 Å². The Morgan fingerprint density at radius 2 is 1.85 bits per heavy atom. The van der Waals surface area contributed by atoms with Crippen molar-refractivity contribution in [3.8, 4) is 17.0 Å². The van der Waals surface area contributed by atoms with Gasteiger partial charge >= 0.3 is 0 Å². The number of aromatic amines is 1. The van der Waals surface area contributed by atoms with E-state index < -0.39 is 0 Å². The van der Waals surface area contributed by atoms with Crippen molar-refractivity contribution in [1.29, 1.82) is 0 Å². The molecule has 0 aliphatic heterocycles. The number of amides is 1. The van der Waals surface area contributed by atoms with Gasteiger partial charge in [-0.2, -0.15) is 0 Å². The molecule has 0 unspecified atom stereocenters. The predicted molar refractivity (Wildman–Crippen MR) is 142 cm³/mol. The molecule has 1 heterocycles. The lowest BCUT2D eigenvalue weighted by molar-refractivity contribution is -0.119. The highest BCUT2D eigenvalue weighted by Gasteiger charge is 2.11. The van der Waals surface area contributed by atoms with Gasteiger partial charge in [0.2, 0.25) is 5.91 Å². The van der Waals surface area contributed by atoms with E-state index in [1.807, 2.05) is 79.7 Å². The molecule has 3 rings (SSSR count). The number of methoxy groups -OCH3 is 1. The first-order valence-electron chi connectivity index (χ1n) is 10.6. The van der Waals surface area contributed by atoms with Crippen LogP contribution in [0.25, 0.3) is 11.3 Å². The Balaban J connectivity index is 0.00000385. The van der Waals surface area contributed by atoms with E-state index in [4.69, 9.17) is 4.74 Å². The van der Waals surface area contributed by atoms with Gasteiger partial charge in [-0.25, -0.2) is 9.98 Å². The molecule has 0 bridgehead atoms. The standard InChI is InChI=1S/C24H30N6O2.HI/c1-4-25-24(28-16-23(31)27-14-18-10-12-20(32-3)13-11-18)30(2)17-22-26-15-21(29-22)19-8-6-5-7-9-19;/h5-13,15H,4,14,16-17H2,1-3H3,(H,25,28)(H,26,29)(H,27,31);1H. The first-order valence-corrected chi connectivity index (χ1v) is 10.6. The van der Waals surface area contributed by atoms with Gasteiger partial charge in [0.1, 0.15) is 18.1 Å². The molecule has 8 nitrogen and oxygen atoms in total. The zero-order valence-electron chi connectivity index (χ0n) is 19.2. The van der Waals surface area contributed by atoms with Gasteiger partial charge in [-0.3, -0.25) is 4.79 Å². The van der Waals surface area contributed by atoms with E-state index >= 15 is 0 Å². The van der Waals surface area contributed by atoms with Crippen LogP contribution in [-0.2, 0) is 17.9 Å². The third-order valence-corrected chi connectivity index (χ3v) is 4.82. The number of H-pyrrole nitrogens is 1. The molecule has 9 heteroatoms. The average molecular weight is 562 g/mol. The fourth-order valence-electron chi connectivity index (χ4n) is 3.12. The Morgan fingerprint density at radius 1 is 1.12 bits per heavy atom. The van der Waals surface area contributed by atoms with Gasteiger partial charge in [0.15, 0.2) is 5.96 Å². The number of hydrogen-bond donors (Lipinski definition) is 3. The van der Waals surface area contributed by atoms with Crippen molar-refractivity contribution >= 4 is 35.8 Å². The highest BCUT2D eigenvalue weighted by Crippen LogP contribution is 2.16. The smallest absolute Gasteiger partial charge is 0.242 e. The normalized spacial score (nSPS) is 10.8. The van der Waals surface area contributed by atoms with Crippen molar-refractivity contribution in [2.75, 3.05) is 27.2 Å². The number of carbonyl (C=O) groups is 1. The highest BCUT2D eigenvalue weighted by molar-refractivity contribution is 14.0. The van der Waals surface area contributed by atoms with Crippen LogP contribution < -0.4 is 15.4 Å². The lowest BCUT2D eigenvalue weighted by Crippen LogP contribution is -2.39. The summed E-state index contributed by atoms with van der Waals surface area (Å²) in [5.74, 6) is 2.11. The summed E-state index contributed by atoms with van der Waals surface area (Å²) in [6.07, 6.45) is 1.83. The monoisotopic (exact) mass is 562 g/mol. The number of benzene rings is 2. The number of aliphatic imine (C=N–C) groups is 1. The summed E-state index contributed by atoms with van der Waals surface area (Å²) in [6, 6.07) is 17.6. The molecule has 3 aromatic rings. The number of halogens is 1. The fourth-order valence-corrected chi connectivity index (χ4v) is 3.12. The SMILES string of the molecule is CCNC(=NCC(=O)NCc1ccc(OC)cc1)N(C)Cc1ncc(-c2ccccc2)[nH]1.I. The van der Waals surface area contributed by atoms with Gasteiger partial charge in [-0.05, 0) is 30.2 Å². The second kappa shape index (κ2) is 13.5. The Labute approximate surface area is 211 Å². The minimum absolute atomic E-state index is 0. The topological polar surface area (TPSA) is 94.6 Å². The van der Waals surface area contributed by atoms with E-state index in [0.717, 1.165) is 28.4 Å². The Hall–Kier alpha value is -3.08. The summed E-state index contributed by atoms with van der Waals surface area (Å²) in [7, 11) is 3.54. The number of nitrogens with zero attached hydrogens (tertiary/aromatic N) is 3. The molecule has 0 saturated carbocycles. The second-order valence-electron chi connectivity index (χ2n) is 7.26. The van der Waals surface area contributed by atoms with E-state index in [9.17, 15) is 4.79 Å². The van der Waals surface area contributed by atoms with Crippen molar-refractivity contribution in [2.45, 2.75) is 20.0 Å². The van der Waals surface area contributed by atoms with Crippen LogP contribution >= 0.6 is 24.0 Å². The average Bonchev–Trinajstić information content (AvgIpc) is 3.29. The summed E-state index contributed by atoms with van der Waals surface area (Å²) in [6.45, 7) is 3.71. The first kappa shape index (κ1) is 26.2. The summed E-state index contributed by atoms with van der Waals surface area (Å²) in [4.78, 5) is 26.5. The van der Waals surface area contributed by atoms with Gasteiger partial charge in [0.05, 0.1) is 25.5 Å². The zero-order chi connectivity index (χ0) is 22.8. The maximum absolute atomic E-state index is 12.3. The van der Waals surface area contributed by atoms with Gasteiger partial charge in [-0.15, -0.1) is 24.0 Å². The Bertz CT molecular complexity index is 1020. The summed E-state index contributed by atoms with van der Waals surface area (Å²) in [5, 5.41) is 6.12.